The predicted molar refractivity (Wildman–Crippen MR) is 152 cm³/mol. The molecule has 0 N–H and O–H groups in total. The first kappa shape index (κ1) is 28.9. The van der Waals surface area contributed by atoms with Crippen LogP contribution in [0.2, 0.25) is 0 Å². The highest BCUT2D eigenvalue weighted by Crippen LogP contribution is 2.44. The third-order valence-corrected chi connectivity index (χ3v) is 9.53. The Morgan fingerprint density at radius 2 is 1.79 bits per heavy atom. The van der Waals surface area contributed by atoms with Crippen LogP contribution in [0.15, 0.2) is 64.4 Å². The van der Waals surface area contributed by atoms with Crippen LogP contribution in [0, 0.1) is 12.7 Å². The molecule has 1 aromatic heterocycles. The second-order valence-corrected chi connectivity index (χ2v) is 12.6. The fraction of sp³-hybridized carbons (Fsp3) is 0.290. The molecule has 0 radical (unpaired) electrons. The van der Waals surface area contributed by atoms with Gasteiger partial charge in [-0.25, -0.2) is 17.6 Å². The average Bonchev–Trinajstić information content (AvgIpc) is 3.70. The van der Waals surface area contributed by atoms with Gasteiger partial charge in [0.15, 0.2) is 5.75 Å². The lowest BCUT2D eigenvalue weighted by Crippen LogP contribution is -2.25. The molecular formula is C31H27F3N2O6S. The Kier molecular flexibility index (Phi) is 7.29. The van der Waals surface area contributed by atoms with E-state index in [0.29, 0.717) is 18.4 Å². The number of hydrogen-bond donors (Lipinski definition) is 0. The van der Waals surface area contributed by atoms with Crippen LogP contribution in [0.25, 0.3) is 22.0 Å². The van der Waals surface area contributed by atoms with Crippen molar-refractivity contribution in [2.75, 3.05) is 6.61 Å². The maximum absolute atomic E-state index is 15.5. The lowest BCUT2D eigenvalue weighted by atomic mass is 9.97. The highest BCUT2D eigenvalue weighted by molar-refractivity contribution is 7.89. The maximum atomic E-state index is 15.5. The van der Waals surface area contributed by atoms with Gasteiger partial charge in [0.2, 0.25) is 15.5 Å². The Morgan fingerprint density at radius 1 is 1.07 bits per heavy atom. The summed E-state index contributed by atoms with van der Waals surface area (Å²) in [7, 11) is -3.93. The van der Waals surface area contributed by atoms with Gasteiger partial charge >= 0.3 is 12.6 Å². The molecular weight excluding hydrogens is 585 g/mol. The van der Waals surface area contributed by atoms with Crippen LogP contribution in [0.3, 0.4) is 0 Å². The molecule has 224 valence electrons. The number of esters is 1. The van der Waals surface area contributed by atoms with E-state index in [1.54, 1.807) is 29.7 Å². The number of benzene rings is 3. The Balaban J connectivity index is 1.48. The van der Waals surface area contributed by atoms with Gasteiger partial charge in [0.05, 0.1) is 22.4 Å². The second-order valence-electron chi connectivity index (χ2n) is 10.6. The summed E-state index contributed by atoms with van der Waals surface area (Å²) in [5.41, 5.74) is 0.850. The van der Waals surface area contributed by atoms with Crippen LogP contribution in [0.4, 0.5) is 13.2 Å². The Labute approximate surface area is 245 Å². The average molecular weight is 613 g/mol. The topological polar surface area (TPSA) is 94.9 Å². The number of aromatic nitrogens is 1. The van der Waals surface area contributed by atoms with Crippen LogP contribution < -0.4 is 10.2 Å². The molecule has 1 aliphatic heterocycles. The lowest BCUT2D eigenvalue weighted by Gasteiger charge is -2.19. The van der Waals surface area contributed by atoms with Crippen molar-refractivity contribution < 1.29 is 35.9 Å². The van der Waals surface area contributed by atoms with Gasteiger partial charge in [-0.3, -0.25) is 4.79 Å². The fourth-order valence-corrected chi connectivity index (χ4v) is 6.85. The number of ether oxygens (including phenoxy) is 2. The quantitative estimate of drug-likeness (QED) is 0.229. The zero-order valence-corrected chi connectivity index (χ0v) is 24.1. The number of nitrogens with zero attached hydrogens (tertiary/aromatic N) is 2. The van der Waals surface area contributed by atoms with E-state index in [4.69, 9.17) is 9.47 Å². The van der Waals surface area contributed by atoms with E-state index in [9.17, 15) is 26.8 Å². The molecule has 0 atom stereocenters. The fourth-order valence-electron chi connectivity index (χ4n) is 5.47. The molecule has 2 aliphatic rings. The summed E-state index contributed by atoms with van der Waals surface area (Å²) in [6.45, 7) is -0.0939. The molecule has 1 aliphatic carbocycles. The first-order valence-electron chi connectivity index (χ1n) is 13.7. The molecule has 12 heteroatoms. The molecule has 0 amide bonds. The highest BCUT2D eigenvalue weighted by Gasteiger charge is 2.34. The van der Waals surface area contributed by atoms with E-state index >= 15 is 4.39 Å². The van der Waals surface area contributed by atoms with E-state index in [0.717, 1.165) is 15.9 Å². The standard InChI is InChI=1S/C31H27F3N2O6S/c1-3-41-30(38)25-16-36(20-6-7-20)27-23(28(25)37)11-10-22(29(27)42-31(33)34)18-12-19-14-35(15-24(19)26(32)13-18)43(39,40)21-8-4-17(2)5-9-21/h4-5,8-13,16,20,31H,3,6-7,14-15H2,1-2H3. The second kappa shape index (κ2) is 10.8. The minimum atomic E-state index is -3.93. The number of fused-ring (bicyclic) bond motifs is 2. The van der Waals surface area contributed by atoms with Crippen molar-refractivity contribution >= 4 is 26.9 Å². The van der Waals surface area contributed by atoms with Crippen LogP contribution in [0.5, 0.6) is 5.75 Å². The first-order chi connectivity index (χ1) is 20.5. The van der Waals surface area contributed by atoms with E-state index in [1.165, 1.54) is 30.5 Å². The molecule has 0 spiro atoms. The van der Waals surface area contributed by atoms with Crippen molar-refractivity contribution in [3.05, 3.63) is 93.0 Å². The number of rotatable bonds is 8. The monoisotopic (exact) mass is 612 g/mol. The molecule has 4 aromatic rings. The molecule has 8 nitrogen and oxygen atoms in total. The lowest BCUT2D eigenvalue weighted by molar-refractivity contribution is -0.0486. The van der Waals surface area contributed by atoms with Gasteiger partial charge in [-0.15, -0.1) is 0 Å². The smallest absolute Gasteiger partial charge is 0.387 e. The number of sulfonamides is 1. The van der Waals surface area contributed by atoms with Crippen LogP contribution in [0.1, 0.15) is 52.9 Å². The normalized spacial score (nSPS) is 15.2. The van der Waals surface area contributed by atoms with Crippen LogP contribution in [-0.4, -0.2) is 36.5 Å². The number of pyridine rings is 1. The van der Waals surface area contributed by atoms with Crippen molar-refractivity contribution in [3.8, 4) is 16.9 Å². The number of carbonyl (C=O) groups is 1. The Bertz CT molecular complexity index is 1940. The molecule has 0 saturated heterocycles. The van der Waals surface area contributed by atoms with Crippen molar-refractivity contribution in [1.29, 1.82) is 0 Å². The van der Waals surface area contributed by atoms with Crippen LogP contribution >= 0.6 is 0 Å². The summed E-state index contributed by atoms with van der Waals surface area (Å²) >= 11 is 0. The summed E-state index contributed by atoms with van der Waals surface area (Å²) in [6, 6.07) is 11.6. The van der Waals surface area contributed by atoms with E-state index < -0.39 is 33.9 Å². The molecule has 2 heterocycles. The van der Waals surface area contributed by atoms with E-state index in [2.05, 4.69) is 0 Å². The van der Waals surface area contributed by atoms with E-state index in [-0.39, 0.29) is 69.5 Å². The molecule has 0 unspecified atom stereocenters. The zero-order chi connectivity index (χ0) is 30.6. The third-order valence-electron chi connectivity index (χ3n) is 7.73. The van der Waals surface area contributed by atoms with Gasteiger partial charge < -0.3 is 14.0 Å². The minimum absolute atomic E-state index is 0.0196. The largest absolute Gasteiger partial charge is 0.462 e. The highest BCUT2D eigenvalue weighted by atomic mass is 32.2. The van der Waals surface area contributed by atoms with Crippen molar-refractivity contribution in [2.45, 2.75) is 57.3 Å². The minimum Gasteiger partial charge on any atom is -0.462 e. The number of hydrogen-bond acceptors (Lipinski definition) is 6. The van der Waals surface area contributed by atoms with Gasteiger partial charge in [0.1, 0.15) is 11.4 Å². The van der Waals surface area contributed by atoms with Crippen molar-refractivity contribution in [1.82, 2.24) is 8.87 Å². The first-order valence-corrected chi connectivity index (χ1v) is 15.2. The Morgan fingerprint density at radius 3 is 2.44 bits per heavy atom. The molecule has 43 heavy (non-hydrogen) atoms. The summed E-state index contributed by atoms with van der Waals surface area (Å²) in [5.74, 6) is -1.86. The Hall–Kier alpha value is -4.16. The van der Waals surface area contributed by atoms with Gasteiger partial charge in [-0.2, -0.15) is 13.1 Å². The molecule has 1 saturated carbocycles. The predicted octanol–water partition coefficient (Wildman–Crippen LogP) is 5.93. The van der Waals surface area contributed by atoms with Crippen molar-refractivity contribution in [2.24, 2.45) is 0 Å². The molecule has 3 aromatic carbocycles. The molecule has 6 rings (SSSR count). The third kappa shape index (κ3) is 5.18. The van der Waals surface area contributed by atoms with Gasteiger partial charge in [-0.1, -0.05) is 17.7 Å². The molecule has 1 fully saturated rings. The number of carbonyl (C=O) groups excluding carboxylic acids is 1. The van der Waals surface area contributed by atoms with Crippen LogP contribution in [-0.2, 0) is 27.8 Å². The SMILES string of the molecule is CCOC(=O)c1cn(C2CC2)c2c(OC(F)F)c(-c3cc(F)c4c(c3)CN(S(=O)(=O)c3ccc(C)cc3)C4)ccc2c1=O. The number of alkyl halides is 2. The maximum Gasteiger partial charge on any atom is 0.387 e. The van der Waals surface area contributed by atoms with Gasteiger partial charge in [-0.05, 0) is 74.2 Å². The van der Waals surface area contributed by atoms with Gasteiger partial charge in [0.25, 0.3) is 0 Å². The molecule has 0 bridgehead atoms. The summed E-state index contributed by atoms with van der Waals surface area (Å²) in [6.07, 6.45) is 2.69. The summed E-state index contributed by atoms with van der Waals surface area (Å²) in [5, 5.41) is -0.0196. The summed E-state index contributed by atoms with van der Waals surface area (Å²) in [4.78, 5) is 25.9. The number of aryl methyl sites for hydroxylation is 1. The van der Waals surface area contributed by atoms with E-state index in [1.807, 2.05) is 6.92 Å². The summed E-state index contributed by atoms with van der Waals surface area (Å²) < 4.78 is 82.6. The van der Waals surface area contributed by atoms with Gasteiger partial charge in [0, 0.05) is 36.5 Å². The van der Waals surface area contributed by atoms with Crippen molar-refractivity contribution in [3.63, 3.8) is 0 Å². The zero-order valence-electron chi connectivity index (χ0n) is 23.3. The number of halogens is 3.